The Balaban J connectivity index is 2.76. The summed E-state index contributed by atoms with van der Waals surface area (Å²) in [6, 6.07) is 5.09. The summed E-state index contributed by atoms with van der Waals surface area (Å²) in [5.74, 6) is -1.48. The van der Waals surface area contributed by atoms with Crippen LogP contribution in [0.5, 0.6) is 0 Å². The van der Waals surface area contributed by atoms with Crippen LogP contribution in [0, 0.1) is 0 Å². The molecule has 94 valence electrons. The van der Waals surface area contributed by atoms with Crippen LogP contribution in [-0.4, -0.2) is 28.6 Å². The second kappa shape index (κ2) is 7.01. The summed E-state index contributed by atoms with van der Waals surface area (Å²) in [7, 11) is 0. The maximum absolute atomic E-state index is 11.1. The van der Waals surface area contributed by atoms with E-state index in [1.807, 2.05) is 0 Å². The Labute approximate surface area is 104 Å². The van der Waals surface area contributed by atoms with Gasteiger partial charge in [-0.1, -0.05) is 6.07 Å². The molecule has 0 aromatic carbocycles. The molecule has 18 heavy (non-hydrogen) atoms. The molecule has 0 aliphatic carbocycles. The SMILES string of the molecule is CCOC(=O)/C=C/c1cccc(/C=C/C(=O)O)n1. The Bertz CT molecular complexity index is 492. The van der Waals surface area contributed by atoms with Gasteiger partial charge in [-0.15, -0.1) is 0 Å². The lowest BCUT2D eigenvalue weighted by molar-refractivity contribution is -0.137. The van der Waals surface area contributed by atoms with Crippen LogP contribution in [0.15, 0.2) is 30.4 Å². The number of carboxylic acids is 1. The van der Waals surface area contributed by atoms with E-state index in [4.69, 9.17) is 9.84 Å². The number of hydrogen-bond acceptors (Lipinski definition) is 4. The third kappa shape index (κ3) is 5.07. The van der Waals surface area contributed by atoms with Crippen molar-refractivity contribution in [3.63, 3.8) is 0 Å². The molecule has 1 N–H and O–H groups in total. The van der Waals surface area contributed by atoms with Crippen molar-refractivity contribution in [2.45, 2.75) is 6.92 Å². The van der Waals surface area contributed by atoms with Gasteiger partial charge in [-0.25, -0.2) is 14.6 Å². The van der Waals surface area contributed by atoms with Gasteiger partial charge in [0.2, 0.25) is 0 Å². The van der Waals surface area contributed by atoms with Crippen molar-refractivity contribution in [2.24, 2.45) is 0 Å². The monoisotopic (exact) mass is 247 g/mol. The molecular formula is C13H13NO4. The van der Waals surface area contributed by atoms with Gasteiger partial charge in [-0.2, -0.15) is 0 Å². The smallest absolute Gasteiger partial charge is 0.330 e. The number of aliphatic carboxylic acids is 1. The van der Waals surface area contributed by atoms with E-state index in [0.717, 1.165) is 6.08 Å². The van der Waals surface area contributed by atoms with Crippen LogP contribution >= 0.6 is 0 Å². The molecular weight excluding hydrogens is 234 g/mol. The van der Waals surface area contributed by atoms with Crippen LogP contribution in [0.4, 0.5) is 0 Å². The van der Waals surface area contributed by atoms with Crippen molar-refractivity contribution in [1.29, 1.82) is 0 Å². The topological polar surface area (TPSA) is 76.5 Å². The number of ether oxygens (including phenoxy) is 1. The molecule has 0 aliphatic heterocycles. The van der Waals surface area contributed by atoms with E-state index in [0.29, 0.717) is 18.0 Å². The highest BCUT2D eigenvalue weighted by Crippen LogP contribution is 2.03. The lowest BCUT2D eigenvalue weighted by Gasteiger charge is -1.97. The Kier molecular flexibility index (Phi) is 5.31. The minimum atomic E-state index is -1.04. The average Bonchev–Trinajstić information content (AvgIpc) is 2.35. The van der Waals surface area contributed by atoms with Gasteiger partial charge >= 0.3 is 11.9 Å². The predicted molar refractivity (Wildman–Crippen MR) is 66.6 cm³/mol. The minimum absolute atomic E-state index is 0.317. The third-order valence-corrected chi connectivity index (χ3v) is 1.87. The molecule has 1 rings (SSSR count). The van der Waals surface area contributed by atoms with Gasteiger partial charge in [0.05, 0.1) is 18.0 Å². The molecule has 0 aliphatic rings. The largest absolute Gasteiger partial charge is 0.478 e. The summed E-state index contributed by atoms with van der Waals surface area (Å²) in [5.41, 5.74) is 1.05. The number of carbonyl (C=O) groups is 2. The number of carboxylic acid groups (broad SMARTS) is 1. The van der Waals surface area contributed by atoms with E-state index in [2.05, 4.69) is 4.98 Å². The molecule has 5 nitrogen and oxygen atoms in total. The Morgan fingerprint density at radius 1 is 1.28 bits per heavy atom. The maximum atomic E-state index is 11.1. The zero-order chi connectivity index (χ0) is 13.4. The van der Waals surface area contributed by atoms with E-state index in [9.17, 15) is 9.59 Å². The second-order valence-electron chi connectivity index (χ2n) is 3.24. The summed E-state index contributed by atoms with van der Waals surface area (Å²) >= 11 is 0. The first-order valence-electron chi connectivity index (χ1n) is 5.34. The molecule has 1 heterocycles. The number of hydrogen-bond donors (Lipinski definition) is 1. The Morgan fingerprint density at radius 2 is 1.89 bits per heavy atom. The maximum Gasteiger partial charge on any atom is 0.330 e. The molecule has 0 amide bonds. The third-order valence-electron chi connectivity index (χ3n) is 1.87. The first-order chi connectivity index (χ1) is 8.61. The fraction of sp³-hybridized carbons (Fsp3) is 0.154. The predicted octanol–water partition coefficient (Wildman–Crippen LogP) is 1.76. The molecule has 0 unspecified atom stereocenters. The molecule has 5 heteroatoms. The van der Waals surface area contributed by atoms with Crippen LogP contribution < -0.4 is 0 Å². The zero-order valence-corrected chi connectivity index (χ0v) is 9.87. The van der Waals surface area contributed by atoms with E-state index in [1.54, 1.807) is 25.1 Å². The number of nitrogens with zero attached hydrogens (tertiary/aromatic N) is 1. The average molecular weight is 247 g/mol. The number of esters is 1. The lowest BCUT2D eigenvalue weighted by atomic mass is 10.2. The molecule has 0 spiro atoms. The molecule has 0 radical (unpaired) electrons. The highest BCUT2D eigenvalue weighted by molar-refractivity contribution is 5.87. The van der Waals surface area contributed by atoms with Gasteiger partial charge in [-0.05, 0) is 31.2 Å². The molecule has 0 saturated heterocycles. The van der Waals surface area contributed by atoms with Crippen LogP contribution in [0.2, 0.25) is 0 Å². The zero-order valence-electron chi connectivity index (χ0n) is 9.87. The van der Waals surface area contributed by atoms with E-state index in [-0.39, 0.29) is 0 Å². The fourth-order valence-corrected chi connectivity index (χ4v) is 1.16. The minimum Gasteiger partial charge on any atom is -0.478 e. The van der Waals surface area contributed by atoms with Crippen molar-refractivity contribution < 1.29 is 19.4 Å². The Hall–Kier alpha value is -2.43. The van der Waals surface area contributed by atoms with Crippen LogP contribution in [-0.2, 0) is 14.3 Å². The standard InChI is InChI=1S/C13H13NO4/c1-2-18-13(17)9-7-11-5-3-4-10(14-11)6-8-12(15)16/h3-9H,2H2,1H3,(H,15,16)/b8-6+,9-7+. The van der Waals surface area contributed by atoms with Gasteiger partial charge < -0.3 is 9.84 Å². The van der Waals surface area contributed by atoms with Gasteiger partial charge in [-0.3, -0.25) is 0 Å². The fourth-order valence-electron chi connectivity index (χ4n) is 1.16. The van der Waals surface area contributed by atoms with Gasteiger partial charge in [0, 0.05) is 12.2 Å². The van der Waals surface area contributed by atoms with E-state index >= 15 is 0 Å². The summed E-state index contributed by atoms with van der Waals surface area (Å²) in [6.07, 6.45) is 5.16. The van der Waals surface area contributed by atoms with Crippen molar-refractivity contribution in [2.75, 3.05) is 6.61 Å². The first kappa shape index (κ1) is 13.6. The summed E-state index contributed by atoms with van der Waals surface area (Å²) < 4.78 is 4.73. The number of rotatable bonds is 5. The quantitative estimate of drug-likeness (QED) is 0.633. The van der Waals surface area contributed by atoms with Crippen molar-refractivity contribution in [3.8, 4) is 0 Å². The Morgan fingerprint density at radius 3 is 2.44 bits per heavy atom. The van der Waals surface area contributed by atoms with E-state index in [1.165, 1.54) is 18.2 Å². The first-order valence-corrected chi connectivity index (χ1v) is 5.34. The van der Waals surface area contributed by atoms with Crippen LogP contribution in [0.25, 0.3) is 12.2 Å². The van der Waals surface area contributed by atoms with Gasteiger partial charge in [0.25, 0.3) is 0 Å². The van der Waals surface area contributed by atoms with Crippen LogP contribution in [0.1, 0.15) is 18.3 Å². The summed E-state index contributed by atoms with van der Waals surface area (Å²) in [4.78, 5) is 25.6. The summed E-state index contributed by atoms with van der Waals surface area (Å²) in [5, 5.41) is 8.49. The van der Waals surface area contributed by atoms with Gasteiger partial charge in [0.1, 0.15) is 0 Å². The highest BCUT2D eigenvalue weighted by atomic mass is 16.5. The molecule has 1 aromatic heterocycles. The number of aromatic nitrogens is 1. The number of pyridine rings is 1. The van der Waals surface area contributed by atoms with Crippen molar-refractivity contribution >= 4 is 24.1 Å². The highest BCUT2D eigenvalue weighted by Gasteiger charge is 1.96. The van der Waals surface area contributed by atoms with Crippen molar-refractivity contribution in [3.05, 3.63) is 41.7 Å². The molecule has 0 bridgehead atoms. The summed E-state index contributed by atoms with van der Waals surface area (Å²) in [6.45, 7) is 2.04. The van der Waals surface area contributed by atoms with E-state index < -0.39 is 11.9 Å². The molecule has 0 fully saturated rings. The molecule has 0 atom stereocenters. The number of carbonyl (C=O) groups excluding carboxylic acids is 1. The van der Waals surface area contributed by atoms with Crippen molar-refractivity contribution in [1.82, 2.24) is 4.98 Å². The normalized spacial score (nSPS) is 10.9. The second-order valence-corrected chi connectivity index (χ2v) is 3.24. The lowest BCUT2D eigenvalue weighted by Crippen LogP contribution is -1.98. The molecule has 1 aromatic rings. The van der Waals surface area contributed by atoms with Crippen LogP contribution in [0.3, 0.4) is 0 Å². The molecule has 0 saturated carbocycles. The van der Waals surface area contributed by atoms with Gasteiger partial charge in [0.15, 0.2) is 0 Å².